The Kier molecular flexibility index (Phi) is 2.86. The maximum atomic E-state index is 12.0. The first-order valence-electron chi connectivity index (χ1n) is 4.79. The highest BCUT2D eigenvalue weighted by molar-refractivity contribution is 9.10. The molecular formula is C11H10BrNO2. The summed E-state index contributed by atoms with van der Waals surface area (Å²) in [5.74, 6) is -0.277. The van der Waals surface area contributed by atoms with Gasteiger partial charge in [-0.15, -0.1) is 0 Å². The number of amides is 2. The maximum absolute atomic E-state index is 12.0. The van der Waals surface area contributed by atoms with Crippen molar-refractivity contribution in [1.82, 2.24) is 4.90 Å². The van der Waals surface area contributed by atoms with Crippen LogP contribution in [0.3, 0.4) is 0 Å². The summed E-state index contributed by atoms with van der Waals surface area (Å²) in [6, 6.07) is 7.15. The first-order chi connectivity index (χ1) is 7.20. The molecule has 2 rings (SSSR count). The van der Waals surface area contributed by atoms with Gasteiger partial charge in [0.1, 0.15) is 0 Å². The Morgan fingerprint density at radius 1 is 1.33 bits per heavy atom. The summed E-state index contributed by atoms with van der Waals surface area (Å²) in [5, 5.41) is 0. The molecule has 2 amide bonds. The van der Waals surface area contributed by atoms with E-state index in [0.717, 1.165) is 10.9 Å². The first-order valence-corrected chi connectivity index (χ1v) is 5.58. The van der Waals surface area contributed by atoms with Crippen LogP contribution in [0.15, 0.2) is 28.7 Å². The lowest BCUT2D eigenvalue weighted by atomic mass is 10.2. The summed E-state index contributed by atoms with van der Waals surface area (Å²) >= 11 is 3.31. The third kappa shape index (κ3) is 1.95. The number of rotatable bonds is 1. The molecule has 1 aromatic rings. The number of nitrogens with zero attached hydrogens (tertiary/aromatic N) is 1. The van der Waals surface area contributed by atoms with Gasteiger partial charge in [0.25, 0.3) is 5.91 Å². The SMILES string of the molecule is O=C1CCCN1C(=O)c1ccccc1Br. The smallest absolute Gasteiger partial charge is 0.261 e. The van der Waals surface area contributed by atoms with Crippen LogP contribution in [0.4, 0.5) is 0 Å². The van der Waals surface area contributed by atoms with Crippen LogP contribution in [0, 0.1) is 0 Å². The molecule has 15 heavy (non-hydrogen) atoms. The van der Waals surface area contributed by atoms with E-state index in [9.17, 15) is 9.59 Å². The second-order valence-corrected chi connectivity index (χ2v) is 4.29. The second-order valence-electron chi connectivity index (χ2n) is 3.43. The van der Waals surface area contributed by atoms with E-state index in [1.165, 1.54) is 4.90 Å². The molecule has 1 saturated heterocycles. The zero-order valence-electron chi connectivity index (χ0n) is 8.07. The molecule has 0 atom stereocenters. The summed E-state index contributed by atoms with van der Waals surface area (Å²) in [4.78, 5) is 24.7. The van der Waals surface area contributed by atoms with Gasteiger partial charge in [0.2, 0.25) is 5.91 Å². The fraction of sp³-hybridized carbons (Fsp3) is 0.273. The van der Waals surface area contributed by atoms with Gasteiger partial charge >= 0.3 is 0 Å². The third-order valence-corrected chi connectivity index (χ3v) is 3.11. The lowest BCUT2D eigenvalue weighted by molar-refractivity contribution is -0.125. The molecule has 0 unspecified atom stereocenters. The zero-order valence-corrected chi connectivity index (χ0v) is 9.66. The van der Waals surface area contributed by atoms with Crippen molar-refractivity contribution in [3.05, 3.63) is 34.3 Å². The summed E-state index contributed by atoms with van der Waals surface area (Å²) in [5.41, 5.74) is 0.549. The molecule has 1 heterocycles. The molecule has 78 valence electrons. The Bertz CT molecular complexity index is 417. The number of hydrogen-bond acceptors (Lipinski definition) is 2. The second kappa shape index (κ2) is 4.14. The Morgan fingerprint density at radius 3 is 2.67 bits per heavy atom. The molecule has 1 aromatic carbocycles. The Balaban J connectivity index is 2.28. The topological polar surface area (TPSA) is 37.4 Å². The van der Waals surface area contributed by atoms with Crippen LogP contribution in [0.2, 0.25) is 0 Å². The molecule has 0 spiro atoms. The van der Waals surface area contributed by atoms with Gasteiger partial charge in [-0.2, -0.15) is 0 Å². The van der Waals surface area contributed by atoms with Crippen LogP contribution in [0.5, 0.6) is 0 Å². The van der Waals surface area contributed by atoms with E-state index >= 15 is 0 Å². The lowest BCUT2D eigenvalue weighted by Crippen LogP contribution is -2.32. The van der Waals surface area contributed by atoms with Crippen molar-refractivity contribution in [3.8, 4) is 0 Å². The average Bonchev–Trinajstić information content (AvgIpc) is 2.64. The molecule has 0 aromatic heterocycles. The van der Waals surface area contributed by atoms with Gasteiger partial charge in [-0.3, -0.25) is 14.5 Å². The van der Waals surface area contributed by atoms with Gasteiger partial charge in [-0.25, -0.2) is 0 Å². The molecule has 1 fully saturated rings. The van der Waals surface area contributed by atoms with Gasteiger partial charge in [0.15, 0.2) is 0 Å². The number of benzene rings is 1. The van der Waals surface area contributed by atoms with Crippen molar-refractivity contribution in [1.29, 1.82) is 0 Å². The normalized spacial score (nSPS) is 15.8. The van der Waals surface area contributed by atoms with Crippen LogP contribution in [-0.2, 0) is 4.79 Å². The van der Waals surface area contributed by atoms with E-state index in [-0.39, 0.29) is 11.8 Å². The van der Waals surface area contributed by atoms with Crippen molar-refractivity contribution in [3.63, 3.8) is 0 Å². The number of hydrogen-bond donors (Lipinski definition) is 0. The monoisotopic (exact) mass is 267 g/mol. The third-order valence-electron chi connectivity index (χ3n) is 2.42. The molecule has 3 nitrogen and oxygen atoms in total. The van der Waals surface area contributed by atoms with Crippen LogP contribution in [0.1, 0.15) is 23.2 Å². The summed E-state index contributed by atoms with van der Waals surface area (Å²) in [7, 11) is 0. The highest BCUT2D eigenvalue weighted by Gasteiger charge is 2.27. The zero-order chi connectivity index (χ0) is 10.8. The van der Waals surface area contributed by atoms with E-state index in [0.29, 0.717) is 18.5 Å². The number of imide groups is 1. The highest BCUT2D eigenvalue weighted by atomic mass is 79.9. The predicted molar refractivity (Wildman–Crippen MR) is 59.4 cm³/mol. The van der Waals surface area contributed by atoms with Crippen LogP contribution < -0.4 is 0 Å². The number of carbonyl (C=O) groups is 2. The van der Waals surface area contributed by atoms with E-state index in [2.05, 4.69) is 15.9 Å². The molecule has 1 aliphatic heterocycles. The predicted octanol–water partition coefficient (Wildman–Crippen LogP) is 2.21. The molecule has 1 aliphatic rings. The van der Waals surface area contributed by atoms with Crippen LogP contribution >= 0.6 is 15.9 Å². The van der Waals surface area contributed by atoms with Crippen LogP contribution in [-0.4, -0.2) is 23.3 Å². The van der Waals surface area contributed by atoms with Crippen molar-refractivity contribution in [2.45, 2.75) is 12.8 Å². The first kappa shape index (κ1) is 10.4. The average molecular weight is 268 g/mol. The number of carbonyl (C=O) groups excluding carboxylic acids is 2. The van der Waals surface area contributed by atoms with Gasteiger partial charge < -0.3 is 0 Å². The largest absolute Gasteiger partial charge is 0.278 e. The fourth-order valence-corrected chi connectivity index (χ4v) is 2.10. The number of likely N-dealkylation sites (tertiary alicyclic amines) is 1. The van der Waals surface area contributed by atoms with Gasteiger partial charge in [0.05, 0.1) is 5.56 Å². The van der Waals surface area contributed by atoms with E-state index < -0.39 is 0 Å². The Hall–Kier alpha value is -1.16. The number of halogens is 1. The molecule has 0 aliphatic carbocycles. The van der Waals surface area contributed by atoms with Crippen LogP contribution in [0.25, 0.3) is 0 Å². The summed E-state index contributed by atoms with van der Waals surface area (Å²) in [6.07, 6.45) is 1.26. The molecule has 0 N–H and O–H groups in total. The molecule has 0 radical (unpaired) electrons. The standard InChI is InChI=1S/C11H10BrNO2/c12-9-5-2-1-4-8(9)11(15)13-7-3-6-10(13)14/h1-2,4-5H,3,6-7H2. The van der Waals surface area contributed by atoms with Crippen molar-refractivity contribution < 1.29 is 9.59 Å². The minimum Gasteiger partial charge on any atom is -0.278 e. The maximum Gasteiger partial charge on any atom is 0.261 e. The van der Waals surface area contributed by atoms with Crippen molar-refractivity contribution >= 4 is 27.7 Å². The quantitative estimate of drug-likeness (QED) is 0.732. The van der Waals surface area contributed by atoms with Crippen molar-refractivity contribution in [2.24, 2.45) is 0 Å². The molecule has 4 heteroatoms. The Morgan fingerprint density at radius 2 is 2.07 bits per heavy atom. The van der Waals surface area contributed by atoms with E-state index in [4.69, 9.17) is 0 Å². The minimum atomic E-state index is -0.204. The minimum absolute atomic E-state index is 0.0734. The van der Waals surface area contributed by atoms with Gasteiger partial charge in [-0.05, 0) is 34.5 Å². The molecular weight excluding hydrogens is 258 g/mol. The fourth-order valence-electron chi connectivity index (χ4n) is 1.64. The van der Waals surface area contributed by atoms with Gasteiger partial charge in [-0.1, -0.05) is 12.1 Å². The van der Waals surface area contributed by atoms with Gasteiger partial charge in [0, 0.05) is 17.4 Å². The highest BCUT2D eigenvalue weighted by Crippen LogP contribution is 2.20. The van der Waals surface area contributed by atoms with E-state index in [1.807, 2.05) is 6.07 Å². The lowest BCUT2D eigenvalue weighted by Gasteiger charge is -2.14. The molecule has 0 bridgehead atoms. The molecule has 0 saturated carbocycles. The summed E-state index contributed by atoms with van der Waals surface area (Å²) < 4.78 is 0.731. The Labute approximate surface area is 96.2 Å². The summed E-state index contributed by atoms with van der Waals surface area (Å²) in [6.45, 7) is 0.541. The van der Waals surface area contributed by atoms with Crippen molar-refractivity contribution in [2.75, 3.05) is 6.54 Å². The van der Waals surface area contributed by atoms with E-state index in [1.54, 1.807) is 18.2 Å².